The molecule has 1 aromatic heterocycles. The van der Waals surface area contributed by atoms with E-state index >= 15 is 0 Å². The fraction of sp³-hybridized carbons (Fsp3) is 0.667. The van der Waals surface area contributed by atoms with Crippen LogP contribution in [0.25, 0.3) is 0 Å². The molecule has 0 spiro atoms. The standard InChI is InChI=1S/C15H25N3O/c1-18(2)15(8-4-5-9-15)12-16-11-13-7-6-10-17-14(13)19-3/h6-7,10,16H,4-5,8-9,11-12H2,1-3H3. The normalized spacial score (nSPS) is 17.9. The summed E-state index contributed by atoms with van der Waals surface area (Å²) in [6.07, 6.45) is 7.03. The summed E-state index contributed by atoms with van der Waals surface area (Å²) in [6, 6.07) is 4.02. The number of nitrogens with one attached hydrogen (secondary N) is 1. The van der Waals surface area contributed by atoms with Gasteiger partial charge in [-0.3, -0.25) is 0 Å². The van der Waals surface area contributed by atoms with Crippen LogP contribution in [0.2, 0.25) is 0 Å². The SMILES string of the molecule is COc1ncccc1CNCC1(N(C)C)CCCC1. The van der Waals surface area contributed by atoms with E-state index in [1.807, 2.05) is 6.07 Å². The summed E-state index contributed by atoms with van der Waals surface area (Å²) < 4.78 is 5.28. The summed E-state index contributed by atoms with van der Waals surface area (Å²) in [4.78, 5) is 6.61. The van der Waals surface area contributed by atoms with Gasteiger partial charge in [0.2, 0.25) is 5.88 Å². The average molecular weight is 263 g/mol. The third kappa shape index (κ3) is 3.25. The molecule has 1 heterocycles. The third-order valence-corrected chi connectivity index (χ3v) is 4.30. The van der Waals surface area contributed by atoms with Crippen molar-refractivity contribution in [1.82, 2.24) is 15.2 Å². The molecular formula is C15H25N3O. The zero-order valence-electron chi connectivity index (χ0n) is 12.3. The number of likely N-dealkylation sites (N-methyl/N-ethyl adjacent to an activating group) is 1. The lowest BCUT2D eigenvalue weighted by Crippen LogP contribution is -2.49. The van der Waals surface area contributed by atoms with Gasteiger partial charge in [0.05, 0.1) is 7.11 Å². The van der Waals surface area contributed by atoms with Gasteiger partial charge in [0.15, 0.2) is 0 Å². The molecule has 1 saturated carbocycles. The van der Waals surface area contributed by atoms with Gasteiger partial charge in [0, 0.05) is 30.4 Å². The van der Waals surface area contributed by atoms with Crippen molar-refractivity contribution >= 4 is 0 Å². The van der Waals surface area contributed by atoms with Gasteiger partial charge in [-0.05, 0) is 33.0 Å². The van der Waals surface area contributed by atoms with Crippen LogP contribution in [0.3, 0.4) is 0 Å². The minimum absolute atomic E-state index is 0.329. The van der Waals surface area contributed by atoms with Gasteiger partial charge in [-0.25, -0.2) is 4.98 Å². The van der Waals surface area contributed by atoms with Crippen LogP contribution in [0.15, 0.2) is 18.3 Å². The van der Waals surface area contributed by atoms with Crippen molar-refractivity contribution in [3.8, 4) is 5.88 Å². The molecule has 0 atom stereocenters. The average Bonchev–Trinajstić information content (AvgIpc) is 2.89. The molecule has 1 aliphatic carbocycles. The Morgan fingerprint density at radius 2 is 2.11 bits per heavy atom. The van der Waals surface area contributed by atoms with Gasteiger partial charge in [-0.2, -0.15) is 0 Å². The van der Waals surface area contributed by atoms with Crippen LogP contribution in [-0.4, -0.2) is 43.2 Å². The first kappa shape index (κ1) is 14.3. The Balaban J connectivity index is 1.92. The molecule has 19 heavy (non-hydrogen) atoms. The lowest BCUT2D eigenvalue weighted by Gasteiger charge is -2.36. The minimum Gasteiger partial charge on any atom is -0.481 e. The number of aromatic nitrogens is 1. The number of ether oxygens (including phenoxy) is 1. The van der Waals surface area contributed by atoms with Crippen LogP contribution in [0, 0.1) is 0 Å². The second kappa shape index (κ2) is 6.35. The van der Waals surface area contributed by atoms with Crippen LogP contribution in [0.1, 0.15) is 31.2 Å². The molecule has 1 fully saturated rings. The van der Waals surface area contributed by atoms with E-state index in [9.17, 15) is 0 Å². The molecule has 0 aliphatic heterocycles. The van der Waals surface area contributed by atoms with E-state index in [0.717, 1.165) is 24.5 Å². The Kier molecular flexibility index (Phi) is 4.77. The highest BCUT2D eigenvalue weighted by molar-refractivity contribution is 5.25. The molecule has 0 aromatic carbocycles. The van der Waals surface area contributed by atoms with E-state index in [2.05, 4.69) is 35.4 Å². The van der Waals surface area contributed by atoms with Gasteiger partial charge in [-0.15, -0.1) is 0 Å². The smallest absolute Gasteiger partial charge is 0.217 e. The number of nitrogens with zero attached hydrogens (tertiary/aromatic N) is 2. The van der Waals surface area contributed by atoms with Gasteiger partial charge in [0.25, 0.3) is 0 Å². The topological polar surface area (TPSA) is 37.4 Å². The van der Waals surface area contributed by atoms with Crippen LogP contribution in [0.5, 0.6) is 5.88 Å². The Hall–Kier alpha value is -1.13. The lowest BCUT2D eigenvalue weighted by molar-refractivity contribution is 0.153. The van der Waals surface area contributed by atoms with Crippen molar-refractivity contribution in [3.05, 3.63) is 23.9 Å². The number of pyridine rings is 1. The van der Waals surface area contributed by atoms with Gasteiger partial charge >= 0.3 is 0 Å². The van der Waals surface area contributed by atoms with Crippen molar-refractivity contribution in [2.45, 2.75) is 37.8 Å². The molecule has 0 amide bonds. The highest BCUT2D eigenvalue weighted by Crippen LogP contribution is 2.33. The van der Waals surface area contributed by atoms with Crippen LogP contribution in [0.4, 0.5) is 0 Å². The quantitative estimate of drug-likeness (QED) is 0.852. The summed E-state index contributed by atoms with van der Waals surface area (Å²) in [5, 5.41) is 3.58. The number of hydrogen-bond acceptors (Lipinski definition) is 4. The molecule has 106 valence electrons. The van der Waals surface area contributed by atoms with Gasteiger partial charge in [-0.1, -0.05) is 18.9 Å². The predicted molar refractivity (Wildman–Crippen MR) is 77.4 cm³/mol. The maximum Gasteiger partial charge on any atom is 0.217 e. The second-order valence-electron chi connectivity index (χ2n) is 5.60. The summed E-state index contributed by atoms with van der Waals surface area (Å²) >= 11 is 0. The molecule has 1 N–H and O–H groups in total. The van der Waals surface area contributed by atoms with E-state index in [0.29, 0.717) is 5.54 Å². The van der Waals surface area contributed by atoms with E-state index in [1.165, 1.54) is 25.7 Å². The fourth-order valence-electron chi connectivity index (χ4n) is 2.99. The van der Waals surface area contributed by atoms with E-state index in [-0.39, 0.29) is 0 Å². The molecule has 1 aliphatic rings. The first-order valence-electron chi connectivity index (χ1n) is 7.04. The molecule has 4 nitrogen and oxygen atoms in total. The highest BCUT2D eigenvalue weighted by atomic mass is 16.5. The number of rotatable bonds is 6. The lowest BCUT2D eigenvalue weighted by atomic mass is 9.96. The molecule has 0 bridgehead atoms. The largest absolute Gasteiger partial charge is 0.481 e. The summed E-state index contributed by atoms with van der Waals surface area (Å²) in [5.41, 5.74) is 1.45. The van der Waals surface area contributed by atoms with Crippen LogP contribution >= 0.6 is 0 Å². The Morgan fingerprint density at radius 1 is 1.37 bits per heavy atom. The fourth-order valence-corrected chi connectivity index (χ4v) is 2.99. The van der Waals surface area contributed by atoms with E-state index in [4.69, 9.17) is 4.74 Å². The Labute approximate surface area is 116 Å². The Bertz CT molecular complexity index is 400. The van der Waals surface area contributed by atoms with Crippen molar-refractivity contribution in [1.29, 1.82) is 0 Å². The maximum absolute atomic E-state index is 5.28. The van der Waals surface area contributed by atoms with Crippen molar-refractivity contribution in [2.75, 3.05) is 27.7 Å². The number of hydrogen-bond donors (Lipinski definition) is 1. The van der Waals surface area contributed by atoms with Crippen molar-refractivity contribution in [2.24, 2.45) is 0 Å². The molecule has 4 heteroatoms. The molecule has 0 saturated heterocycles. The van der Waals surface area contributed by atoms with Crippen LogP contribution in [-0.2, 0) is 6.54 Å². The third-order valence-electron chi connectivity index (χ3n) is 4.30. The summed E-state index contributed by atoms with van der Waals surface area (Å²) in [5.74, 6) is 0.723. The monoisotopic (exact) mass is 263 g/mol. The van der Waals surface area contributed by atoms with E-state index in [1.54, 1.807) is 13.3 Å². The first-order valence-corrected chi connectivity index (χ1v) is 7.04. The maximum atomic E-state index is 5.28. The van der Waals surface area contributed by atoms with Crippen molar-refractivity contribution < 1.29 is 4.74 Å². The van der Waals surface area contributed by atoms with E-state index < -0.39 is 0 Å². The summed E-state index contributed by atoms with van der Waals surface area (Å²) in [7, 11) is 6.05. The van der Waals surface area contributed by atoms with Gasteiger partial charge in [0.1, 0.15) is 0 Å². The number of methoxy groups -OCH3 is 1. The highest BCUT2D eigenvalue weighted by Gasteiger charge is 2.35. The second-order valence-corrected chi connectivity index (χ2v) is 5.60. The van der Waals surface area contributed by atoms with Crippen LogP contribution < -0.4 is 10.1 Å². The molecule has 0 unspecified atom stereocenters. The Morgan fingerprint density at radius 3 is 2.74 bits per heavy atom. The zero-order chi connectivity index (χ0) is 13.7. The molecule has 0 radical (unpaired) electrons. The molecular weight excluding hydrogens is 238 g/mol. The van der Waals surface area contributed by atoms with Gasteiger partial charge < -0.3 is 15.0 Å². The summed E-state index contributed by atoms with van der Waals surface area (Å²) in [6.45, 7) is 1.84. The molecule has 1 aromatic rings. The first-order chi connectivity index (χ1) is 9.18. The minimum atomic E-state index is 0.329. The zero-order valence-corrected chi connectivity index (χ0v) is 12.3. The molecule has 2 rings (SSSR count). The predicted octanol–water partition coefficient (Wildman–Crippen LogP) is 2.05. The van der Waals surface area contributed by atoms with Crippen molar-refractivity contribution in [3.63, 3.8) is 0 Å².